The fourth-order valence-electron chi connectivity index (χ4n) is 1.78. The van der Waals surface area contributed by atoms with Crippen LogP contribution in [0.5, 0.6) is 5.88 Å². The van der Waals surface area contributed by atoms with Crippen LogP contribution in [0.25, 0.3) is 0 Å². The maximum Gasteiger partial charge on any atom is 0.325 e. The molecule has 1 heterocycles. The van der Waals surface area contributed by atoms with E-state index in [2.05, 4.69) is 9.97 Å². The van der Waals surface area contributed by atoms with Crippen LogP contribution in [-0.2, 0) is 11.2 Å². The number of rotatable bonds is 2. The molecule has 1 aromatic rings. The molecule has 1 aliphatic rings. The first-order valence-corrected chi connectivity index (χ1v) is 4.87. The normalized spacial score (nSPS) is 20.8. The number of aromatic amines is 2. The second-order valence-corrected chi connectivity index (χ2v) is 3.69. The van der Waals surface area contributed by atoms with Crippen LogP contribution in [-0.4, -0.2) is 20.9 Å². The predicted octanol–water partition coefficient (Wildman–Crippen LogP) is 0.486. The largest absolute Gasteiger partial charge is 0.493 e. The number of carbonyl (C=O) groups is 1. The quantitative estimate of drug-likeness (QED) is 0.661. The van der Waals surface area contributed by atoms with Gasteiger partial charge in [-0.15, -0.1) is 0 Å². The van der Waals surface area contributed by atoms with Gasteiger partial charge in [-0.25, -0.2) is 4.79 Å². The number of imidazole rings is 1. The molecule has 0 fully saturated rings. The molecule has 0 saturated carbocycles. The van der Waals surface area contributed by atoms with Crippen molar-refractivity contribution in [2.75, 3.05) is 0 Å². The van der Waals surface area contributed by atoms with Crippen LogP contribution in [0.1, 0.15) is 18.5 Å². The summed E-state index contributed by atoms with van der Waals surface area (Å²) in [6.45, 7) is 0. The van der Waals surface area contributed by atoms with Crippen molar-refractivity contribution in [3.05, 3.63) is 28.3 Å². The number of aromatic nitrogens is 2. The molecule has 5 nitrogen and oxygen atoms in total. The fourth-order valence-corrected chi connectivity index (χ4v) is 1.78. The second-order valence-electron chi connectivity index (χ2n) is 3.69. The first kappa shape index (κ1) is 9.76. The summed E-state index contributed by atoms with van der Waals surface area (Å²) in [6, 6.07) is 0. The minimum Gasteiger partial charge on any atom is -0.493 e. The Kier molecular flexibility index (Phi) is 2.45. The molecule has 0 radical (unpaired) electrons. The number of carbonyl (C=O) groups excluding carboxylic acids is 1. The van der Waals surface area contributed by atoms with E-state index in [4.69, 9.17) is 0 Å². The maximum absolute atomic E-state index is 11.4. The number of hydrogen-bond donors (Lipinski definition) is 3. The van der Waals surface area contributed by atoms with Crippen LogP contribution in [0.3, 0.4) is 0 Å². The zero-order valence-electron chi connectivity index (χ0n) is 8.12. The van der Waals surface area contributed by atoms with Crippen molar-refractivity contribution in [3.8, 4) is 5.88 Å². The summed E-state index contributed by atoms with van der Waals surface area (Å²) >= 11 is 0. The van der Waals surface area contributed by atoms with E-state index in [9.17, 15) is 14.7 Å². The SMILES string of the molecule is O=C1C=CCCC1Cc1[nH]c(=O)[nH]c1O. The molecule has 3 N–H and O–H groups in total. The van der Waals surface area contributed by atoms with E-state index in [1.54, 1.807) is 6.08 Å². The topological polar surface area (TPSA) is 86.0 Å². The molecule has 1 aromatic heterocycles. The average molecular weight is 208 g/mol. The summed E-state index contributed by atoms with van der Waals surface area (Å²) in [7, 11) is 0. The lowest BCUT2D eigenvalue weighted by molar-refractivity contribution is -0.118. The van der Waals surface area contributed by atoms with Crippen LogP contribution in [0.15, 0.2) is 16.9 Å². The van der Waals surface area contributed by atoms with Gasteiger partial charge in [0.25, 0.3) is 0 Å². The third-order valence-electron chi connectivity index (χ3n) is 2.60. The maximum atomic E-state index is 11.4. The number of ketones is 1. The van der Waals surface area contributed by atoms with Crippen molar-refractivity contribution in [1.29, 1.82) is 0 Å². The Morgan fingerprint density at radius 2 is 2.20 bits per heavy atom. The third kappa shape index (κ3) is 2.01. The monoisotopic (exact) mass is 208 g/mol. The van der Waals surface area contributed by atoms with Crippen molar-refractivity contribution in [1.82, 2.24) is 9.97 Å². The van der Waals surface area contributed by atoms with Gasteiger partial charge in [0.05, 0.1) is 5.69 Å². The molecule has 1 unspecified atom stereocenters. The molecule has 2 rings (SSSR count). The predicted molar refractivity (Wildman–Crippen MR) is 53.7 cm³/mol. The molecule has 0 aromatic carbocycles. The van der Waals surface area contributed by atoms with Crippen molar-refractivity contribution in [2.45, 2.75) is 19.3 Å². The molecule has 0 bridgehead atoms. The lowest BCUT2D eigenvalue weighted by Crippen LogP contribution is -2.18. The van der Waals surface area contributed by atoms with Crippen LogP contribution in [0.2, 0.25) is 0 Å². The number of H-pyrrole nitrogens is 2. The highest BCUT2D eigenvalue weighted by Crippen LogP contribution is 2.21. The Morgan fingerprint density at radius 1 is 1.40 bits per heavy atom. The molecule has 0 amide bonds. The van der Waals surface area contributed by atoms with Crippen molar-refractivity contribution in [3.63, 3.8) is 0 Å². The minimum absolute atomic E-state index is 0.0581. The molecule has 15 heavy (non-hydrogen) atoms. The summed E-state index contributed by atoms with van der Waals surface area (Å²) in [4.78, 5) is 27.0. The van der Waals surface area contributed by atoms with Crippen molar-refractivity contribution >= 4 is 5.78 Å². The Labute approximate surface area is 85.8 Å². The summed E-state index contributed by atoms with van der Waals surface area (Å²) in [5.41, 5.74) is -0.0325. The zero-order valence-corrected chi connectivity index (χ0v) is 8.12. The third-order valence-corrected chi connectivity index (χ3v) is 2.60. The number of nitrogens with one attached hydrogen (secondary N) is 2. The van der Waals surface area contributed by atoms with Gasteiger partial charge < -0.3 is 10.1 Å². The Bertz CT molecular complexity index is 455. The van der Waals surface area contributed by atoms with Gasteiger partial charge in [0, 0.05) is 12.3 Å². The molecule has 1 aliphatic carbocycles. The lowest BCUT2D eigenvalue weighted by atomic mass is 9.89. The number of aromatic hydroxyl groups is 1. The van der Waals surface area contributed by atoms with Gasteiger partial charge in [0.15, 0.2) is 5.78 Å². The van der Waals surface area contributed by atoms with E-state index in [1.807, 2.05) is 6.08 Å². The number of allylic oxidation sites excluding steroid dienone is 2. The van der Waals surface area contributed by atoms with Gasteiger partial charge in [-0.1, -0.05) is 6.08 Å². The molecular formula is C10H12N2O3. The van der Waals surface area contributed by atoms with E-state index in [0.29, 0.717) is 12.1 Å². The van der Waals surface area contributed by atoms with Crippen LogP contribution < -0.4 is 5.69 Å². The van der Waals surface area contributed by atoms with Crippen molar-refractivity contribution < 1.29 is 9.90 Å². The Hall–Kier alpha value is -1.78. The summed E-state index contributed by atoms with van der Waals surface area (Å²) < 4.78 is 0. The minimum atomic E-state index is -0.443. The fraction of sp³-hybridized carbons (Fsp3) is 0.400. The average Bonchev–Trinajstić information content (AvgIpc) is 2.49. The van der Waals surface area contributed by atoms with E-state index in [0.717, 1.165) is 12.8 Å². The van der Waals surface area contributed by atoms with Gasteiger partial charge in [-0.2, -0.15) is 0 Å². The van der Waals surface area contributed by atoms with Gasteiger partial charge in [0.2, 0.25) is 5.88 Å². The first-order valence-electron chi connectivity index (χ1n) is 4.87. The molecule has 80 valence electrons. The van der Waals surface area contributed by atoms with Crippen LogP contribution >= 0.6 is 0 Å². The smallest absolute Gasteiger partial charge is 0.325 e. The molecule has 0 saturated heterocycles. The van der Waals surface area contributed by atoms with Crippen LogP contribution in [0, 0.1) is 5.92 Å². The molecule has 0 spiro atoms. The molecule has 1 atom stereocenters. The summed E-state index contributed by atoms with van der Waals surface area (Å²) in [5, 5.41) is 9.33. The van der Waals surface area contributed by atoms with E-state index >= 15 is 0 Å². The van der Waals surface area contributed by atoms with Gasteiger partial charge in [-0.05, 0) is 18.9 Å². The highest BCUT2D eigenvalue weighted by Gasteiger charge is 2.21. The molecule has 0 aliphatic heterocycles. The van der Waals surface area contributed by atoms with Gasteiger partial charge in [0.1, 0.15) is 0 Å². The van der Waals surface area contributed by atoms with E-state index in [-0.39, 0.29) is 17.6 Å². The Morgan fingerprint density at radius 3 is 2.80 bits per heavy atom. The molecular weight excluding hydrogens is 196 g/mol. The highest BCUT2D eigenvalue weighted by atomic mass is 16.3. The lowest BCUT2D eigenvalue weighted by Gasteiger charge is -2.15. The van der Waals surface area contributed by atoms with E-state index < -0.39 is 5.69 Å². The summed E-state index contributed by atoms with van der Waals surface area (Å²) in [5.74, 6) is -0.239. The van der Waals surface area contributed by atoms with Crippen LogP contribution in [0.4, 0.5) is 0 Å². The molecule has 5 heteroatoms. The zero-order chi connectivity index (χ0) is 10.8. The van der Waals surface area contributed by atoms with Gasteiger partial charge >= 0.3 is 5.69 Å². The number of hydrogen-bond acceptors (Lipinski definition) is 3. The highest BCUT2D eigenvalue weighted by molar-refractivity contribution is 5.92. The standard InChI is InChI=1S/C10H12N2O3/c13-8-4-2-1-3-6(8)5-7-9(14)12-10(15)11-7/h2,4,6,14H,1,3,5H2,(H2,11,12,15). The second kappa shape index (κ2) is 3.76. The Balaban J connectivity index is 2.15. The summed E-state index contributed by atoms with van der Waals surface area (Å²) in [6.07, 6.45) is 5.43. The van der Waals surface area contributed by atoms with Crippen molar-refractivity contribution in [2.24, 2.45) is 5.92 Å². The van der Waals surface area contributed by atoms with Gasteiger partial charge in [-0.3, -0.25) is 9.78 Å². The van der Waals surface area contributed by atoms with E-state index in [1.165, 1.54) is 0 Å². The first-order chi connectivity index (χ1) is 7.16.